The van der Waals surface area contributed by atoms with Gasteiger partial charge < -0.3 is 15.8 Å². The minimum Gasteiger partial charge on any atom is -0.496 e. The van der Waals surface area contributed by atoms with E-state index in [2.05, 4.69) is 0 Å². The van der Waals surface area contributed by atoms with Crippen LogP contribution in [0.15, 0.2) is 18.2 Å². The Morgan fingerprint density at radius 3 is 2.65 bits per heavy atom. The summed E-state index contributed by atoms with van der Waals surface area (Å²) in [5.41, 5.74) is 5.68. The number of carbonyl (C=O) groups excluding carboxylic acids is 1. The number of methoxy groups -OCH3 is 1. The van der Waals surface area contributed by atoms with Gasteiger partial charge in [0.25, 0.3) is 5.91 Å². The summed E-state index contributed by atoms with van der Waals surface area (Å²) in [7, 11) is 1.31. The fourth-order valence-electron chi connectivity index (χ4n) is 1.18. The SMILES string of the molecule is COc1ccc(N)cc1C(=O)NCC(F)(F)F. The topological polar surface area (TPSA) is 64.3 Å². The molecular formula is C10H11F3N2O2. The van der Waals surface area contributed by atoms with Gasteiger partial charge in [-0.25, -0.2) is 0 Å². The highest BCUT2D eigenvalue weighted by Gasteiger charge is 2.28. The Labute approximate surface area is 95.6 Å². The van der Waals surface area contributed by atoms with Gasteiger partial charge in [-0.2, -0.15) is 13.2 Å². The van der Waals surface area contributed by atoms with Crippen molar-refractivity contribution < 1.29 is 22.7 Å². The number of rotatable bonds is 3. The number of carbonyl (C=O) groups is 1. The van der Waals surface area contributed by atoms with Gasteiger partial charge in [-0.1, -0.05) is 0 Å². The van der Waals surface area contributed by atoms with Crippen LogP contribution in [0, 0.1) is 0 Å². The number of hydrogen-bond donors (Lipinski definition) is 2. The van der Waals surface area contributed by atoms with Crippen LogP contribution in [0.4, 0.5) is 18.9 Å². The summed E-state index contributed by atoms with van der Waals surface area (Å²) in [6, 6.07) is 4.15. The lowest BCUT2D eigenvalue weighted by Gasteiger charge is -2.11. The minimum absolute atomic E-state index is 0.0308. The van der Waals surface area contributed by atoms with E-state index in [-0.39, 0.29) is 17.0 Å². The number of ether oxygens (including phenoxy) is 1. The zero-order valence-corrected chi connectivity index (χ0v) is 8.97. The van der Waals surface area contributed by atoms with E-state index in [1.165, 1.54) is 25.3 Å². The molecule has 17 heavy (non-hydrogen) atoms. The predicted molar refractivity (Wildman–Crippen MR) is 55.8 cm³/mol. The maximum atomic E-state index is 11.9. The van der Waals surface area contributed by atoms with E-state index in [0.717, 1.165) is 0 Å². The Kier molecular flexibility index (Phi) is 3.82. The number of nitrogen functional groups attached to an aromatic ring is 1. The van der Waals surface area contributed by atoms with E-state index in [4.69, 9.17) is 10.5 Å². The summed E-state index contributed by atoms with van der Waals surface area (Å²) in [5, 5.41) is 1.74. The maximum Gasteiger partial charge on any atom is 0.405 e. The monoisotopic (exact) mass is 248 g/mol. The molecule has 0 bridgehead atoms. The molecule has 1 amide bonds. The number of halogens is 3. The average molecular weight is 248 g/mol. The van der Waals surface area contributed by atoms with Crippen LogP contribution in [0.2, 0.25) is 0 Å². The van der Waals surface area contributed by atoms with E-state index in [1.54, 1.807) is 5.32 Å². The second kappa shape index (κ2) is 4.94. The largest absolute Gasteiger partial charge is 0.496 e. The number of benzene rings is 1. The molecule has 7 heteroatoms. The summed E-state index contributed by atoms with van der Waals surface area (Å²) in [6.45, 7) is -1.40. The smallest absolute Gasteiger partial charge is 0.405 e. The van der Waals surface area contributed by atoms with Crippen molar-refractivity contribution in [3.05, 3.63) is 23.8 Å². The molecule has 0 heterocycles. The molecule has 1 aromatic rings. The molecule has 0 fully saturated rings. The average Bonchev–Trinajstić information content (AvgIpc) is 2.25. The highest BCUT2D eigenvalue weighted by molar-refractivity contribution is 5.97. The van der Waals surface area contributed by atoms with Crippen LogP contribution in [0.5, 0.6) is 5.75 Å². The van der Waals surface area contributed by atoms with Crippen LogP contribution in [0.25, 0.3) is 0 Å². The van der Waals surface area contributed by atoms with Crippen molar-refractivity contribution in [3.8, 4) is 5.75 Å². The lowest BCUT2D eigenvalue weighted by Crippen LogP contribution is -2.33. The van der Waals surface area contributed by atoms with Crippen LogP contribution in [-0.2, 0) is 0 Å². The number of alkyl halides is 3. The lowest BCUT2D eigenvalue weighted by atomic mass is 10.1. The molecular weight excluding hydrogens is 237 g/mol. The van der Waals surface area contributed by atoms with Gasteiger partial charge in [-0.05, 0) is 18.2 Å². The summed E-state index contributed by atoms with van der Waals surface area (Å²) < 4.78 is 40.6. The third-order valence-corrected chi connectivity index (χ3v) is 1.92. The maximum absolute atomic E-state index is 11.9. The quantitative estimate of drug-likeness (QED) is 0.798. The van der Waals surface area contributed by atoms with Crippen molar-refractivity contribution in [2.45, 2.75) is 6.18 Å². The molecule has 1 rings (SSSR count). The van der Waals surface area contributed by atoms with Crippen molar-refractivity contribution in [2.75, 3.05) is 19.4 Å². The second-order valence-corrected chi connectivity index (χ2v) is 3.26. The van der Waals surface area contributed by atoms with Gasteiger partial charge in [0.05, 0.1) is 12.7 Å². The van der Waals surface area contributed by atoms with Gasteiger partial charge >= 0.3 is 6.18 Å². The van der Waals surface area contributed by atoms with Crippen molar-refractivity contribution >= 4 is 11.6 Å². The molecule has 0 radical (unpaired) electrons. The number of nitrogens with one attached hydrogen (secondary N) is 1. The molecule has 3 N–H and O–H groups in total. The first kappa shape index (κ1) is 13.1. The van der Waals surface area contributed by atoms with E-state index in [1.807, 2.05) is 0 Å². The molecule has 0 unspecified atom stereocenters. The second-order valence-electron chi connectivity index (χ2n) is 3.26. The summed E-state index contributed by atoms with van der Waals surface area (Å²) in [6.07, 6.45) is -4.46. The van der Waals surface area contributed by atoms with Gasteiger partial charge in [0, 0.05) is 5.69 Å². The third-order valence-electron chi connectivity index (χ3n) is 1.92. The van der Waals surface area contributed by atoms with Crippen LogP contribution in [0.3, 0.4) is 0 Å². The minimum atomic E-state index is -4.46. The normalized spacial score (nSPS) is 11.1. The van der Waals surface area contributed by atoms with Gasteiger partial charge in [0.2, 0.25) is 0 Å². The molecule has 0 saturated carbocycles. The first-order chi connectivity index (χ1) is 7.83. The Hall–Kier alpha value is -1.92. The molecule has 0 saturated heterocycles. The fraction of sp³-hybridized carbons (Fsp3) is 0.300. The summed E-state index contributed by atoms with van der Waals surface area (Å²) >= 11 is 0. The van der Waals surface area contributed by atoms with Gasteiger partial charge in [0.1, 0.15) is 12.3 Å². The Morgan fingerprint density at radius 2 is 2.12 bits per heavy atom. The number of anilines is 1. The molecule has 0 spiro atoms. The molecule has 0 atom stereocenters. The summed E-state index contributed by atoms with van der Waals surface area (Å²) in [4.78, 5) is 11.5. The van der Waals surface area contributed by atoms with Crippen LogP contribution >= 0.6 is 0 Å². The first-order valence-corrected chi connectivity index (χ1v) is 4.62. The van der Waals surface area contributed by atoms with Crippen molar-refractivity contribution in [1.82, 2.24) is 5.32 Å². The highest BCUT2D eigenvalue weighted by atomic mass is 19.4. The van der Waals surface area contributed by atoms with Crippen molar-refractivity contribution in [1.29, 1.82) is 0 Å². The standard InChI is InChI=1S/C10H11F3N2O2/c1-17-8-3-2-6(14)4-7(8)9(16)15-5-10(11,12)13/h2-4H,5,14H2,1H3,(H,15,16). The molecule has 0 aliphatic carbocycles. The van der Waals surface area contributed by atoms with E-state index in [0.29, 0.717) is 0 Å². The fourth-order valence-corrected chi connectivity index (χ4v) is 1.18. The first-order valence-electron chi connectivity index (χ1n) is 4.62. The lowest BCUT2D eigenvalue weighted by molar-refractivity contribution is -0.123. The summed E-state index contributed by atoms with van der Waals surface area (Å²) in [5.74, 6) is -0.717. The van der Waals surface area contributed by atoms with Gasteiger partial charge in [-0.15, -0.1) is 0 Å². The molecule has 0 aliphatic rings. The Balaban J connectivity index is 2.84. The zero-order valence-electron chi connectivity index (χ0n) is 8.97. The third kappa shape index (κ3) is 3.86. The zero-order chi connectivity index (χ0) is 13.1. The van der Waals surface area contributed by atoms with Crippen molar-refractivity contribution in [3.63, 3.8) is 0 Å². The van der Waals surface area contributed by atoms with Gasteiger partial charge in [0.15, 0.2) is 0 Å². The highest BCUT2D eigenvalue weighted by Crippen LogP contribution is 2.21. The van der Waals surface area contributed by atoms with Crippen LogP contribution in [-0.4, -0.2) is 25.7 Å². The molecule has 4 nitrogen and oxygen atoms in total. The number of nitrogens with two attached hydrogens (primary N) is 1. The predicted octanol–water partition coefficient (Wildman–Crippen LogP) is 1.57. The van der Waals surface area contributed by atoms with Crippen LogP contribution in [0.1, 0.15) is 10.4 Å². The number of hydrogen-bond acceptors (Lipinski definition) is 3. The number of amides is 1. The Bertz CT molecular complexity index is 419. The van der Waals surface area contributed by atoms with Crippen molar-refractivity contribution in [2.24, 2.45) is 0 Å². The van der Waals surface area contributed by atoms with E-state index >= 15 is 0 Å². The molecule has 94 valence electrons. The van der Waals surface area contributed by atoms with E-state index in [9.17, 15) is 18.0 Å². The molecule has 1 aromatic carbocycles. The van der Waals surface area contributed by atoms with E-state index < -0.39 is 18.6 Å². The molecule has 0 aromatic heterocycles. The molecule has 0 aliphatic heterocycles. The Morgan fingerprint density at radius 1 is 1.47 bits per heavy atom. The van der Waals surface area contributed by atoms with Gasteiger partial charge in [-0.3, -0.25) is 4.79 Å². The van der Waals surface area contributed by atoms with Crippen LogP contribution < -0.4 is 15.8 Å².